The molecule has 1 aliphatic rings. The Morgan fingerprint density at radius 3 is 2.27 bits per heavy atom. The quantitative estimate of drug-likeness (QED) is 0.0403. The highest BCUT2D eigenvalue weighted by atomic mass is 32.2. The molecule has 0 aliphatic carbocycles. The van der Waals surface area contributed by atoms with Gasteiger partial charge in [-0.3, -0.25) is 24.2 Å². The van der Waals surface area contributed by atoms with Crippen molar-refractivity contribution >= 4 is 47.3 Å². The van der Waals surface area contributed by atoms with Crippen molar-refractivity contribution in [3.8, 4) is 0 Å². The van der Waals surface area contributed by atoms with Gasteiger partial charge in [-0.15, -0.1) is 0 Å². The Morgan fingerprint density at radius 1 is 0.975 bits per heavy atom. The number of thioether (sulfide) groups is 1. The number of aliphatic imine (C=N–C) groups is 1. The number of carbonyl (C=O) groups excluding carboxylic acids is 4. The number of nitrogens with two attached hydrogens (primary N) is 3. The summed E-state index contributed by atoms with van der Waals surface area (Å²) in [6.07, 6.45) is 5.59. The topological polar surface area (TPSA) is 256 Å². The Kier molecular flexibility index (Phi) is 17.3. The van der Waals surface area contributed by atoms with E-state index >= 15 is 0 Å². The highest BCUT2D eigenvalue weighted by Gasteiger charge is 2.30. The summed E-state index contributed by atoms with van der Waals surface area (Å²) in [6, 6.07) is -3.42. The fourth-order valence-corrected chi connectivity index (χ4v) is 4.49. The predicted octanol–water partition coefficient (Wildman–Crippen LogP) is -2.67. The Bertz CT molecular complexity index is 866. The van der Waals surface area contributed by atoms with E-state index in [-0.39, 0.29) is 37.7 Å². The second kappa shape index (κ2) is 19.9. The molecule has 1 saturated heterocycles. The van der Waals surface area contributed by atoms with Gasteiger partial charge in [-0.05, 0) is 76.5 Å². The van der Waals surface area contributed by atoms with Gasteiger partial charge < -0.3 is 48.9 Å². The Hall–Kier alpha value is -3.11. The molecule has 1 aliphatic heterocycles. The van der Waals surface area contributed by atoms with Gasteiger partial charge in [0, 0.05) is 6.54 Å². The van der Waals surface area contributed by atoms with E-state index in [4.69, 9.17) is 17.2 Å². The third-order valence-corrected chi connectivity index (χ3v) is 6.85. The minimum absolute atomic E-state index is 0.0835. The lowest BCUT2D eigenvalue weighted by molar-refractivity contribution is -0.141. The van der Waals surface area contributed by atoms with Crippen molar-refractivity contribution in [1.29, 1.82) is 0 Å². The maximum atomic E-state index is 13.2. The first kappa shape index (κ1) is 34.9. The van der Waals surface area contributed by atoms with E-state index in [1.54, 1.807) is 0 Å². The van der Waals surface area contributed by atoms with Gasteiger partial charge in [-0.25, -0.2) is 4.79 Å². The van der Waals surface area contributed by atoms with Gasteiger partial charge in [0.05, 0.1) is 12.6 Å². The van der Waals surface area contributed by atoms with Crippen molar-refractivity contribution < 1.29 is 29.1 Å². The molecule has 0 aromatic carbocycles. The van der Waals surface area contributed by atoms with Crippen LogP contribution in [-0.2, 0) is 24.0 Å². The number of carboxylic acids is 1. The SMILES string of the molecule is CSCC[C@H](NC(=O)CNC(=O)[C@H](CCCCN)NC(=O)[C@H](CCCN=C(N)N)NC(=O)[C@@H]1CCCN1)C(=O)O. The van der Waals surface area contributed by atoms with Gasteiger partial charge in [0.25, 0.3) is 0 Å². The molecule has 0 aromatic rings. The van der Waals surface area contributed by atoms with Crippen molar-refractivity contribution in [3.05, 3.63) is 0 Å². The van der Waals surface area contributed by atoms with Crippen molar-refractivity contribution in [2.75, 3.05) is 38.2 Å². The maximum Gasteiger partial charge on any atom is 0.326 e. The van der Waals surface area contributed by atoms with Crippen LogP contribution in [0.5, 0.6) is 0 Å². The molecule has 4 atom stereocenters. The van der Waals surface area contributed by atoms with Gasteiger partial charge in [0.2, 0.25) is 23.6 Å². The molecule has 0 radical (unpaired) electrons. The molecule has 12 N–H and O–H groups in total. The van der Waals surface area contributed by atoms with Crippen LogP contribution in [0, 0.1) is 0 Å². The maximum absolute atomic E-state index is 13.2. The number of rotatable bonds is 20. The summed E-state index contributed by atoms with van der Waals surface area (Å²) in [5.41, 5.74) is 16.3. The number of unbranched alkanes of at least 4 members (excludes halogenated alkanes) is 1. The number of hydrogen-bond donors (Lipinski definition) is 9. The molecule has 1 fully saturated rings. The second-order valence-electron chi connectivity index (χ2n) is 9.46. The van der Waals surface area contributed by atoms with Crippen LogP contribution in [0.25, 0.3) is 0 Å². The number of nitrogens with zero attached hydrogens (tertiary/aromatic N) is 1. The minimum Gasteiger partial charge on any atom is -0.480 e. The standard InChI is InChI=1S/C24H45N9O6S/c1-40-13-9-18(23(38)39)31-19(34)14-30-20(35)16(6-2-3-10-25)32-22(37)17(8-5-12-29-24(26)27)33-21(36)15-7-4-11-28-15/h15-18,28H,2-14,25H2,1H3,(H,30,35)(H,31,34)(H,32,37)(H,33,36)(H,38,39)(H4,26,27,29)/t15-,16-,17-,18-/m0/s1. The molecule has 0 bridgehead atoms. The number of nitrogens with one attached hydrogen (secondary N) is 5. The van der Waals surface area contributed by atoms with Crippen molar-refractivity contribution in [1.82, 2.24) is 26.6 Å². The summed E-state index contributed by atoms with van der Waals surface area (Å²) in [4.78, 5) is 66.5. The molecule has 0 saturated carbocycles. The summed E-state index contributed by atoms with van der Waals surface area (Å²) in [5.74, 6) is -2.85. The summed E-state index contributed by atoms with van der Waals surface area (Å²) < 4.78 is 0. The van der Waals surface area contributed by atoms with Gasteiger partial charge in [0.15, 0.2) is 5.96 Å². The number of guanidine groups is 1. The first-order chi connectivity index (χ1) is 19.1. The number of hydrogen-bond acceptors (Lipinski definition) is 9. The molecule has 0 unspecified atom stereocenters. The normalized spacial score (nSPS) is 16.7. The van der Waals surface area contributed by atoms with Crippen molar-refractivity contribution in [3.63, 3.8) is 0 Å². The second-order valence-corrected chi connectivity index (χ2v) is 10.4. The van der Waals surface area contributed by atoms with Crippen molar-refractivity contribution in [2.45, 2.75) is 75.5 Å². The summed E-state index contributed by atoms with van der Waals surface area (Å²) in [5, 5.41) is 22.7. The van der Waals surface area contributed by atoms with E-state index in [1.165, 1.54) is 11.8 Å². The molecule has 15 nitrogen and oxygen atoms in total. The number of carbonyl (C=O) groups is 5. The molecule has 16 heteroatoms. The van der Waals surface area contributed by atoms with Crippen LogP contribution in [0.1, 0.15) is 51.4 Å². The van der Waals surface area contributed by atoms with Crippen LogP contribution in [0.4, 0.5) is 0 Å². The van der Waals surface area contributed by atoms with Crippen molar-refractivity contribution in [2.24, 2.45) is 22.2 Å². The average Bonchev–Trinajstić information content (AvgIpc) is 3.45. The Labute approximate surface area is 239 Å². The summed E-state index contributed by atoms with van der Waals surface area (Å²) in [7, 11) is 0. The summed E-state index contributed by atoms with van der Waals surface area (Å²) in [6.45, 7) is 0.904. The third kappa shape index (κ3) is 14.3. The lowest BCUT2D eigenvalue weighted by atomic mass is 10.1. The Balaban J connectivity index is 2.85. The van der Waals surface area contributed by atoms with Gasteiger partial charge >= 0.3 is 5.97 Å². The minimum atomic E-state index is -1.17. The highest BCUT2D eigenvalue weighted by Crippen LogP contribution is 2.08. The zero-order valence-corrected chi connectivity index (χ0v) is 23.9. The van der Waals surface area contributed by atoms with Crippen LogP contribution in [-0.4, -0.2) is 103 Å². The number of amides is 4. The van der Waals surface area contributed by atoms with E-state index < -0.39 is 54.4 Å². The van der Waals surface area contributed by atoms with E-state index in [9.17, 15) is 29.1 Å². The van der Waals surface area contributed by atoms with Crippen LogP contribution >= 0.6 is 11.8 Å². The number of aliphatic carboxylic acids is 1. The van der Waals surface area contributed by atoms with Crippen LogP contribution in [0.2, 0.25) is 0 Å². The molecular formula is C24H45N9O6S. The molecule has 0 aromatic heterocycles. The lowest BCUT2D eigenvalue weighted by Gasteiger charge is -2.24. The Morgan fingerprint density at radius 2 is 1.68 bits per heavy atom. The largest absolute Gasteiger partial charge is 0.480 e. The zero-order chi connectivity index (χ0) is 29.9. The third-order valence-electron chi connectivity index (χ3n) is 6.20. The fraction of sp³-hybridized carbons (Fsp3) is 0.750. The van der Waals surface area contributed by atoms with E-state index in [1.807, 2.05) is 6.26 Å². The van der Waals surface area contributed by atoms with E-state index in [2.05, 4.69) is 31.6 Å². The zero-order valence-electron chi connectivity index (χ0n) is 23.1. The van der Waals surface area contributed by atoms with Gasteiger partial charge in [-0.1, -0.05) is 0 Å². The smallest absolute Gasteiger partial charge is 0.326 e. The van der Waals surface area contributed by atoms with E-state index in [0.29, 0.717) is 44.5 Å². The average molecular weight is 588 g/mol. The first-order valence-electron chi connectivity index (χ1n) is 13.5. The van der Waals surface area contributed by atoms with Gasteiger partial charge in [0.1, 0.15) is 18.1 Å². The molecule has 1 heterocycles. The molecule has 4 amide bonds. The lowest BCUT2D eigenvalue weighted by Crippen LogP contribution is -2.56. The number of carboxylic acid groups (broad SMARTS) is 1. The molecule has 228 valence electrons. The van der Waals surface area contributed by atoms with Crippen LogP contribution in [0.15, 0.2) is 4.99 Å². The fourth-order valence-electron chi connectivity index (χ4n) is 4.02. The molecule has 40 heavy (non-hydrogen) atoms. The molecular weight excluding hydrogens is 542 g/mol. The molecule has 1 rings (SSSR count). The van der Waals surface area contributed by atoms with Gasteiger partial charge in [-0.2, -0.15) is 11.8 Å². The highest BCUT2D eigenvalue weighted by molar-refractivity contribution is 7.98. The van der Waals surface area contributed by atoms with E-state index in [0.717, 1.165) is 6.42 Å². The summed E-state index contributed by atoms with van der Waals surface area (Å²) >= 11 is 1.45. The monoisotopic (exact) mass is 587 g/mol. The van der Waals surface area contributed by atoms with Crippen LogP contribution in [0.3, 0.4) is 0 Å². The molecule has 0 spiro atoms. The predicted molar refractivity (Wildman–Crippen MR) is 153 cm³/mol. The first-order valence-corrected chi connectivity index (χ1v) is 14.9. The van der Waals surface area contributed by atoms with Crippen LogP contribution < -0.4 is 43.8 Å².